The summed E-state index contributed by atoms with van der Waals surface area (Å²) < 4.78 is 0. The van der Waals surface area contributed by atoms with Gasteiger partial charge in [0.05, 0.1) is 0 Å². The molecule has 1 heterocycles. The van der Waals surface area contributed by atoms with Gasteiger partial charge in [0.15, 0.2) is 0 Å². The molecule has 1 rings (SSSR count). The lowest BCUT2D eigenvalue weighted by atomic mass is 9.67. The molecular weight excluding hydrogens is 258 g/mol. The Morgan fingerprint density at radius 2 is 1.76 bits per heavy atom. The van der Waals surface area contributed by atoms with Gasteiger partial charge in [-0.3, -0.25) is 4.79 Å². The van der Waals surface area contributed by atoms with Crippen LogP contribution in [0.25, 0.3) is 0 Å². The van der Waals surface area contributed by atoms with Gasteiger partial charge in [-0.15, -0.1) is 0 Å². The van der Waals surface area contributed by atoms with Crippen molar-refractivity contribution in [2.75, 3.05) is 13.1 Å². The number of likely N-dealkylation sites (tertiary alicyclic amines) is 1. The number of carbonyl (C=O) groups excluding carboxylic acids is 1. The molecule has 1 aliphatic rings. The minimum Gasteiger partial charge on any atom is -0.343 e. The van der Waals surface area contributed by atoms with Gasteiger partial charge in [-0.25, -0.2) is 0 Å². The molecule has 0 bridgehead atoms. The molecule has 1 atom stereocenters. The molecule has 124 valence electrons. The highest BCUT2D eigenvalue weighted by atomic mass is 16.2. The van der Waals surface area contributed by atoms with Gasteiger partial charge < -0.3 is 4.90 Å². The van der Waals surface area contributed by atoms with Crippen molar-refractivity contribution in [3.8, 4) is 0 Å². The molecule has 0 aliphatic carbocycles. The van der Waals surface area contributed by atoms with Crippen LogP contribution in [0.4, 0.5) is 0 Å². The van der Waals surface area contributed by atoms with Crippen molar-refractivity contribution in [3.05, 3.63) is 0 Å². The Bertz CT molecular complexity index is 327. The maximum absolute atomic E-state index is 12.3. The molecule has 0 spiro atoms. The summed E-state index contributed by atoms with van der Waals surface area (Å²) in [4.78, 5) is 14.4. The molecule has 2 nitrogen and oxygen atoms in total. The zero-order chi connectivity index (χ0) is 16.1. The molecule has 1 amide bonds. The average molecular weight is 296 g/mol. The standard InChI is InChI=1S/C19H37NO/c1-7-8-9-13-20-14-12-16(10-11-17(20)21)19(5,6)15-18(2,3)4/h16H,7-15H2,1-6H3. The van der Waals surface area contributed by atoms with E-state index in [0.717, 1.165) is 32.4 Å². The number of rotatable bonds is 6. The number of nitrogens with zero attached hydrogens (tertiary/aromatic N) is 1. The summed E-state index contributed by atoms with van der Waals surface area (Å²) in [5.41, 5.74) is 0.693. The van der Waals surface area contributed by atoms with E-state index in [9.17, 15) is 4.79 Å². The first-order chi connectivity index (χ1) is 9.65. The second kappa shape index (κ2) is 7.65. The molecule has 2 heteroatoms. The van der Waals surface area contributed by atoms with Gasteiger partial charge in [0.1, 0.15) is 0 Å². The summed E-state index contributed by atoms with van der Waals surface area (Å²) in [6.45, 7) is 15.9. The normalized spacial score (nSPS) is 21.5. The van der Waals surface area contributed by atoms with Crippen LogP contribution in [0.2, 0.25) is 0 Å². The molecule has 1 unspecified atom stereocenters. The van der Waals surface area contributed by atoms with E-state index in [1.54, 1.807) is 0 Å². The van der Waals surface area contributed by atoms with Gasteiger partial charge in [-0.1, -0.05) is 54.4 Å². The van der Waals surface area contributed by atoms with Crippen LogP contribution in [0.1, 0.15) is 86.5 Å². The molecule has 21 heavy (non-hydrogen) atoms. The quantitative estimate of drug-likeness (QED) is 0.611. The topological polar surface area (TPSA) is 20.3 Å². The lowest BCUT2D eigenvalue weighted by Gasteiger charge is -2.39. The number of unbranched alkanes of at least 4 members (excludes halogenated alkanes) is 2. The van der Waals surface area contributed by atoms with Crippen LogP contribution < -0.4 is 0 Å². The third-order valence-corrected chi connectivity index (χ3v) is 4.93. The van der Waals surface area contributed by atoms with Crippen LogP contribution in [0.5, 0.6) is 0 Å². The van der Waals surface area contributed by atoms with E-state index in [1.807, 2.05) is 0 Å². The van der Waals surface area contributed by atoms with E-state index in [1.165, 1.54) is 25.7 Å². The van der Waals surface area contributed by atoms with Gasteiger partial charge in [0.25, 0.3) is 0 Å². The zero-order valence-corrected chi connectivity index (χ0v) is 15.3. The van der Waals surface area contributed by atoms with Crippen LogP contribution >= 0.6 is 0 Å². The Hall–Kier alpha value is -0.530. The highest BCUT2D eigenvalue weighted by molar-refractivity contribution is 5.76. The molecule has 0 saturated carbocycles. The first-order valence-corrected chi connectivity index (χ1v) is 8.93. The molecule has 0 N–H and O–H groups in total. The number of amides is 1. The van der Waals surface area contributed by atoms with Crippen LogP contribution in [0, 0.1) is 16.7 Å². The fraction of sp³-hybridized carbons (Fsp3) is 0.947. The maximum atomic E-state index is 12.3. The van der Waals surface area contributed by atoms with Crippen molar-refractivity contribution in [1.29, 1.82) is 0 Å². The van der Waals surface area contributed by atoms with Crippen LogP contribution in [-0.4, -0.2) is 23.9 Å². The average Bonchev–Trinajstić information content (AvgIpc) is 2.50. The summed E-state index contributed by atoms with van der Waals surface area (Å²) >= 11 is 0. The minimum atomic E-state index is 0.331. The third-order valence-electron chi connectivity index (χ3n) is 4.93. The summed E-state index contributed by atoms with van der Waals surface area (Å²) in [5.74, 6) is 1.07. The van der Waals surface area contributed by atoms with E-state index in [0.29, 0.717) is 22.7 Å². The van der Waals surface area contributed by atoms with Crippen LogP contribution in [0.15, 0.2) is 0 Å². The molecular formula is C19H37NO. The summed E-state index contributed by atoms with van der Waals surface area (Å²) in [7, 11) is 0. The Labute approximate surface area is 132 Å². The smallest absolute Gasteiger partial charge is 0.222 e. The van der Waals surface area contributed by atoms with Gasteiger partial charge in [-0.2, -0.15) is 0 Å². The summed E-state index contributed by atoms with van der Waals surface area (Å²) in [6, 6.07) is 0. The molecule has 1 aliphatic heterocycles. The second-order valence-electron chi connectivity index (χ2n) is 8.84. The Morgan fingerprint density at radius 3 is 2.33 bits per heavy atom. The van der Waals surface area contributed by atoms with Crippen molar-refractivity contribution in [1.82, 2.24) is 4.90 Å². The highest BCUT2D eigenvalue weighted by Crippen LogP contribution is 2.43. The lowest BCUT2D eigenvalue weighted by Crippen LogP contribution is -2.32. The fourth-order valence-electron chi connectivity index (χ4n) is 4.12. The largest absolute Gasteiger partial charge is 0.343 e. The van der Waals surface area contributed by atoms with E-state index in [4.69, 9.17) is 0 Å². The van der Waals surface area contributed by atoms with E-state index < -0.39 is 0 Å². The predicted octanol–water partition coefficient (Wildman–Crippen LogP) is 5.27. The van der Waals surface area contributed by atoms with E-state index in [2.05, 4.69) is 46.4 Å². The monoisotopic (exact) mass is 295 g/mol. The third kappa shape index (κ3) is 6.40. The molecule has 0 radical (unpaired) electrons. The summed E-state index contributed by atoms with van der Waals surface area (Å²) in [6.07, 6.45) is 7.87. The maximum Gasteiger partial charge on any atom is 0.222 e. The van der Waals surface area contributed by atoms with Crippen LogP contribution in [0.3, 0.4) is 0 Å². The van der Waals surface area contributed by atoms with Crippen molar-refractivity contribution in [3.63, 3.8) is 0 Å². The number of hydrogen-bond acceptors (Lipinski definition) is 1. The lowest BCUT2D eigenvalue weighted by molar-refractivity contribution is -0.130. The number of carbonyl (C=O) groups is 1. The van der Waals surface area contributed by atoms with Gasteiger partial charge in [0.2, 0.25) is 5.91 Å². The van der Waals surface area contributed by atoms with E-state index >= 15 is 0 Å². The molecule has 1 fully saturated rings. The van der Waals surface area contributed by atoms with Crippen LogP contribution in [-0.2, 0) is 4.79 Å². The highest BCUT2D eigenvalue weighted by Gasteiger charge is 2.35. The van der Waals surface area contributed by atoms with Crippen molar-refractivity contribution in [2.24, 2.45) is 16.7 Å². The number of hydrogen-bond donors (Lipinski definition) is 0. The molecule has 1 saturated heterocycles. The first kappa shape index (κ1) is 18.5. The first-order valence-electron chi connectivity index (χ1n) is 8.93. The van der Waals surface area contributed by atoms with Crippen molar-refractivity contribution < 1.29 is 4.79 Å². The Kier molecular flexibility index (Phi) is 6.74. The Morgan fingerprint density at radius 1 is 1.10 bits per heavy atom. The zero-order valence-electron chi connectivity index (χ0n) is 15.3. The molecule has 0 aromatic carbocycles. The summed E-state index contributed by atoms with van der Waals surface area (Å²) in [5, 5.41) is 0. The Balaban J connectivity index is 2.59. The molecule has 0 aromatic rings. The van der Waals surface area contributed by atoms with Gasteiger partial charge in [-0.05, 0) is 42.4 Å². The minimum absolute atomic E-state index is 0.331. The van der Waals surface area contributed by atoms with Crippen molar-refractivity contribution in [2.45, 2.75) is 86.5 Å². The molecule has 0 aromatic heterocycles. The second-order valence-corrected chi connectivity index (χ2v) is 8.84. The van der Waals surface area contributed by atoms with E-state index in [-0.39, 0.29) is 0 Å². The van der Waals surface area contributed by atoms with Crippen molar-refractivity contribution >= 4 is 5.91 Å². The SMILES string of the molecule is CCCCCN1CCC(C(C)(C)CC(C)(C)C)CCC1=O. The predicted molar refractivity (Wildman–Crippen MR) is 91.3 cm³/mol. The fourth-order valence-corrected chi connectivity index (χ4v) is 4.12. The van der Waals surface area contributed by atoms with Gasteiger partial charge >= 0.3 is 0 Å². The van der Waals surface area contributed by atoms with Gasteiger partial charge in [0, 0.05) is 19.5 Å².